The lowest BCUT2D eigenvalue weighted by Gasteiger charge is -2.02. The van der Waals surface area contributed by atoms with E-state index in [9.17, 15) is 4.79 Å². The molecule has 7 heteroatoms. The van der Waals surface area contributed by atoms with E-state index in [0.29, 0.717) is 23.1 Å². The highest BCUT2D eigenvalue weighted by Gasteiger charge is 2.24. The molecule has 0 bridgehead atoms. The van der Waals surface area contributed by atoms with E-state index < -0.39 is 0 Å². The number of methoxy groups -OCH3 is 1. The average molecular weight is 281 g/mol. The molecule has 3 rings (SSSR count). The zero-order valence-electron chi connectivity index (χ0n) is 9.94. The van der Waals surface area contributed by atoms with Gasteiger partial charge in [0, 0.05) is 12.3 Å². The lowest BCUT2D eigenvalue weighted by atomic mass is 10.3. The zero-order valence-corrected chi connectivity index (χ0v) is 11.6. The zero-order chi connectivity index (χ0) is 12.7. The topological polar surface area (TPSA) is 64.1 Å². The fourth-order valence-electron chi connectivity index (χ4n) is 1.86. The van der Waals surface area contributed by atoms with E-state index in [1.165, 1.54) is 11.3 Å². The van der Waals surface area contributed by atoms with E-state index in [0.717, 1.165) is 20.9 Å². The third-order valence-corrected chi connectivity index (χ3v) is 4.99. The second-order valence-corrected chi connectivity index (χ2v) is 5.95. The maximum Gasteiger partial charge on any atom is 0.262 e. The smallest absolute Gasteiger partial charge is 0.262 e. The van der Waals surface area contributed by atoms with Crippen LogP contribution in [0.2, 0.25) is 0 Å². The summed E-state index contributed by atoms with van der Waals surface area (Å²) in [5.41, 5.74) is 0.835. The second kappa shape index (κ2) is 4.40. The van der Waals surface area contributed by atoms with Crippen LogP contribution in [0.3, 0.4) is 0 Å². The van der Waals surface area contributed by atoms with Crippen LogP contribution >= 0.6 is 23.1 Å². The molecule has 5 nitrogen and oxygen atoms in total. The van der Waals surface area contributed by atoms with Crippen molar-refractivity contribution in [3.8, 4) is 5.88 Å². The quantitative estimate of drug-likeness (QED) is 0.864. The summed E-state index contributed by atoms with van der Waals surface area (Å²) in [6.45, 7) is 2.51. The van der Waals surface area contributed by atoms with Gasteiger partial charge in [-0.1, -0.05) is 0 Å². The van der Waals surface area contributed by atoms with Gasteiger partial charge in [-0.2, -0.15) is 4.98 Å². The number of nitrogens with one attached hydrogen (secondary N) is 1. The third kappa shape index (κ3) is 1.74. The largest absolute Gasteiger partial charge is 0.480 e. The summed E-state index contributed by atoms with van der Waals surface area (Å²) in [5, 5.41) is 2.88. The number of hydrogen-bond donors (Lipinski definition) is 1. The first kappa shape index (κ1) is 11.7. The lowest BCUT2D eigenvalue weighted by Crippen LogP contribution is -2.22. The maximum atomic E-state index is 12.0. The molecule has 0 spiro atoms. The summed E-state index contributed by atoms with van der Waals surface area (Å²) in [7, 11) is 1.58. The first-order chi connectivity index (χ1) is 8.70. The van der Waals surface area contributed by atoms with Gasteiger partial charge < -0.3 is 10.1 Å². The monoisotopic (exact) mass is 281 g/mol. The Bertz CT molecular complexity index is 639. The molecule has 0 saturated heterocycles. The number of rotatable bonds is 1. The van der Waals surface area contributed by atoms with E-state index in [4.69, 9.17) is 4.74 Å². The molecule has 18 heavy (non-hydrogen) atoms. The fourth-order valence-corrected chi connectivity index (χ4v) is 4.16. The summed E-state index contributed by atoms with van der Waals surface area (Å²) < 4.78 is 6.12. The number of carbonyl (C=O) groups is 1. The first-order valence-electron chi connectivity index (χ1n) is 5.47. The molecule has 2 aromatic rings. The van der Waals surface area contributed by atoms with E-state index in [1.54, 1.807) is 18.9 Å². The highest BCUT2D eigenvalue weighted by atomic mass is 32.2. The van der Waals surface area contributed by atoms with Crippen molar-refractivity contribution in [2.75, 3.05) is 19.4 Å². The minimum atomic E-state index is -0.0299. The van der Waals surface area contributed by atoms with Crippen LogP contribution in [0.1, 0.15) is 15.5 Å². The molecule has 3 heterocycles. The Kier molecular flexibility index (Phi) is 2.87. The van der Waals surface area contributed by atoms with Gasteiger partial charge in [0.2, 0.25) is 5.88 Å². The highest BCUT2D eigenvalue weighted by Crippen LogP contribution is 2.41. The van der Waals surface area contributed by atoms with Crippen molar-refractivity contribution in [3.05, 3.63) is 10.7 Å². The number of carbonyl (C=O) groups excluding carboxylic acids is 1. The van der Waals surface area contributed by atoms with Crippen molar-refractivity contribution in [3.63, 3.8) is 0 Å². The van der Waals surface area contributed by atoms with Crippen molar-refractivity contribution in [2.45, 2.75) is 11.8 Å². The predicted molar refractivity (Wildman–Crippen MR) is 71.8 cm³/mol. The van der Waals surface area contributed by atoms with Crippen LogP contribution in [0.4, 0.5) is 0 Å². The SMILES string of the molecule is COc1nc(C)nc2c3c(sc12)C(=O)NCCS3. The molecule has 0 aliphatic carbocycles. The molecular formula is C11H11N3O2S2. The Morgan fingerprint density at radius 2 is 2.22 bits per heavy atom. The summed E-state index contributed by atoms with van der Waals surface area (Å²) in [4.78, 5) is 22.3. The predicted octanol–water partition coefficient (Wildman–Crippen LogP) is 1.84. The molecule has 1 amide bonds. The van der Waals surface area contributed by atoms with Gasteiger partial charge in [0.15, 0.2) is 0 Å². The number of nitrogens with zero attached hydrogens (tertiary/aromatic N) is 2. The van der Waals surface area contributed by atoms with E-state index in [2.05, 4.69) is 15.3 Å². The molecule has 2 aromatic heterocycles. The van der Waals surface area contributed by atoms with E-state index >= 15 is 0 Å². The Morgan fingerprint density at radius 3 is 3.00 bits per heavy atom. The van der Waals surface area contributed by atoms with Crippen LogP contribution in [0.5, 0.6) is 5.88 Å². The highest BCUT2D eigenvalue weighted by molar-refractivity contribution is 7.99. The van der Waals surface area contributed by atoms with Crippen LogP contribution in [-0.4, -0.2) is 35.3 Å². The van der Waals surface area contributed by atoms with Crippen molar-refractivity contribution < 1.29 is 9.53 Å². The number of ether oxygens (including phenoxy) is 1. The van der Waals surface area contributed by atoms with Crippen LogP contribution in [0.15, 0.2) is 4.90 Å². The van der Waals surface area contributed by atoms with E-state index in [1.807, 2.05) is 6.92 Å². The van der Waals surface area contributed by atoms with Gasteiger partial charge in [0.25, 0.3) is 5.91 Å². The number of thioether (sulfide) groups is 1. The number of thiophene rings is 1. The van der Waals surface area contributed by atoms with Gasteiger partial charge in [-0.3, -0.25) is 4.79 Å². The Morgan fingerprint density at radius 1 is 1.39 bits per heavy atom. The molecular weight excluding hydrogens is 270 g/mol. The van der Waals surface area contributed by atoms with E-state index in [-0.39, 0.29) is 5.91 Å². The fraction of sp³-hybridized carbons (Fsp3) is 0.364. The Hall–Kier alpha value is -1.34. The number of fused-ring (bicyclic) bond motifs is 3. The van der Waals surface area contributed by atoms with Crippen molar-refractivity contribution in [1.82, 2.24) is 15.3 Å². The molecule has 0 fully saturated rings. The van der Waals surface area contributed by atoms with Crippen molar-refractivity contribution >= 4 is 39.2 Å². The van der Waals surface area contributed by atoms with Crippen LogP contribution in [-0.2, 0) is 0 Å². The van der Waals surface area contributed by atoms with Gasteiger partial charge in [0.1, 0.15) is 20.9 Å². The molecule has 94 valence electrons. The number of aryl methyl sites for hydroxylation is 1. The van der Waals surface area contributed by atoms with Crippen molar-refractivity contribution in [2.24, 2.45) is 0 Å². The summed E-state index contributed by atoms with van der Waals surface area (Å²) in [6.07, 6.45) is 0. The molecule has 1 N–H and O–H groups in total. The molecule has 0 saturated carbocycles. The van der Waals surface area contributed by atoms with Gasteiger partial charge in [-0.15, -0.1) is 23.1 Å². The first-order valence-corrected chi connectivity index (χ1v) is 7.27. The normalized spacial score (nSPS) is 15.1. The van der Waals surface area contributed by atoms with Gasteiger partial charge in [-0.05, 0) is 6.92 Å². The second-order valence-electron chi connectivity index (χ2n) is 3.82. The summed E-state index contributed by atoms with van der Waals surface area (Å²) in [5.74, 6) is 2.03. The minimum absolute atomic E-state index is 0.0299. The van der Waals surface area contributed by atoms with Gasteiger partial charge in [-0.25, -0.2) is 4.98 Å². The average Bonchev–Trinajstić information content (AvgIpc) is 2.62. The Balaban J connectivity index is 2.33. The summed E-state index contributed by atoms with van der Waals surface area (Å²) >= 11 is 3.06. The van der Waals surface area contributed by atoms with Crippen LogP contribution in [0.25, 0.3) is 10.2 Å². The minimum Gasteiger partial charge on any atom is -0.480 e. The maximum absolute atomic E-state index is 12.0. The third-order valence-electron chi connectivity index (χ3n) is 2.61. The number of amides is 1. The standard InChI is InChI=1S/C11H11N3O2S2/c1-5-13-6-7-9(10(15)12-3-4-17-7)18-8(6)11(14-5)16-2/h3-4H2,1-2H3,(H,12,15). The molecule has 0 unspecified atom stereocenters. The lowest BCUT2D eigenvalue weighted by molar-refractivity contribution is 0.0959. The van der Waals surface area contributed by atoms with Crippen molar-refractivity contribution in [1.29, 1.82) is 0 Å². The number of aromatic nitrogens is 2. The molecule has 1 aliphatic rings. The van der Waals surface area contributed by atoms with Gasteiger partial charge in [0.05, 0.1) is 12.0 Å². The molecule has 0 aromatic carbocycles. The van der Waals surface area contributed by atoms with Crippen LogP contribution < -0.4 is 10.1 Å². The molecule has 1 aliphatic heterocycles. The summed E-state index contributed by atoms with van der Waals surface area (Å²) in [6, 6.07) is 0. The van der Waals surface area contributed by atoms with Gasteiger partial charge >= 0.3 is 0 Å². The number of hydrogen-bond acceptors (Lipinski definition) is 6. The molecule has 0 radical (unpaired) electrons. The Labute approximate surface area is 112 Å². The van der Waals surface area contributed by atoms with Crippen LogP contribution in [0, 0.1) is 6.92 Å². The molecule has 0 atom stereocenters.